The monoisotopic (exact) mass is 272 g/mol. The molecule has 0 amide bonds. The van der Waals surface area contributed by atoms with Gasteiger partial charge in [-0.3, -0.25) is 0 Å². The molecular formula is C18H24O2. The van der Waals surface area contributed by atoms with E-state index >= 15 is 0 Å². The summed E-state index contributed by atoms with van der Waals surface area (Å²) in [4.78, 5) is 0. The van der Waals surface area contributed by atoms with Gasteiger partial charge in [-0.25, -0.2) is 0 Å². The van der Waals surface area contributed by atoms with Crippen molar-refractivity contribution in [1.29, 1.82) is 0 Å². The van der Waals surface area contributed by atoms with Crippen molar-refractivity contribution in [3.05, 3.63) is 58.7 Å². The lowest BCUT2D eigenvalue weighted by molar-refractivity contribution is 0.457. The molecule has 2 N–H and O–H groups in total. The molecule has 0 saturated heterocycles. The molecule has 2 aromatic carbocycles. The van der Waals surface area contributed by atoms with Crippen molar-refractivity contribution in [2.45, 2.75) is 40.5 Å². The third-order valence-corrected chi connectivity index (χ3v) is 3.29. The molecule has 0 aromatic heterocycles. The standard InChI is InChI=1S/C16H18O2.C2H6/c1-3-12-7-5-9-14(16(12)18)10-13-8-4-6-11(2)15(13)17;1-2/h4-9,17-18H,3,10H2,1-2H3;1-2H3. The van der Waals surface area contributed by atoms with Crippen molar-refractivity contribution in [3.63, 3.8) is 0 Å². The first-order valence-corrected chi connectivity index (χ1v) is 7.20. The van der Waals surface area contributed by atoms with Crippen molar-refractivity contribution in [1.82, 2.24) is 0 Å². The molecule has 2 rings (SSSR count). The highest BCUT2D eigenvalue weighted by Gasteiger charge is 2.09. The molecule has 0 spiro atoms. The van der Waals surface area contributed by atoms with Gasteiger partial charge < -0.3 is 10.2 Å². The Morgan fingerprint density at radius 2 is 1.30 bits per heavy atom. The normalized spacial score (nSPS) is 9.80. The minimum absolute atomic E-state index is 0.318. The van der Waals surface area contributed by atoms with Crippen LogP contribution in [0.2, 0.25) is 0 Å². The molecule has 0 aliphatic carbocycles. The van der Waals surface area contributed by atoms with E-state index in [9.17, 15) is 10.2 Å². The van der Waals surface area contributed by atoms with Gasteiger partial charge in [-0.05, 0) is 35.6 Å². The van der Waals surface area contributed by atoms with Crippen LogP contribution in [-0.2, 0) is 12.8 Å². The molecule has 2 aromatic rings. The summed E-state index contributed by atoms with van der Waals surface area (Å²) in [6, 6.07) is 11.5. The maximum absolute atomic E-state index is 10.1. The van der Waals surface area contributed by atoms with E-state index in [0.717, 1.165) is 28.7 Å². The first kappa shape index (κ1) is 16.1. The molecule has 0 fully saturated rings. The quantitative estimate of drug-likeness (QED) is 0.858. The van der Waals surface area contributed by atoms with E-state index in [1.807, 2.05) is 64.1 Å². The number of aryl methyl sites for hydroxylation is 2. The summed E-state index contributed by atoms with van der Waals surface area (Å²) in [6.45, 7) is 7.89. The number of benzene rings is 2. The zero-order valence-electron chi connectivity index (χ0n) is 12.8. The van der Waals surface area contributed by atoms with Gasteiger partial charge in [-0.15, -0.1) is 0 Å². The number of rotatable bonds is 3. The van der Waals surface area contributed by atoms with Crippen LogP contribution in [0.3, 0.4) is 0 Å². The van der Waals surface area contributed by atoms with E-state index in [1.165, 1.54) is 0 Å². The van der Waals surface area contributed by atoms with Crippen LogP contribution in [-0.4, -0.2) is 10.2 Å². The van der Waals surface area contributed by atoms with Gasteiger partial charge in [0.1, 0.15) is 11.5 Å². The largest absolute Gasteiger partial charge is 0.507 e. The number of hydrogen-bond acceptors (Lipinski definition) is 2. The van der Waals surface area contributed by atoms with Gasteiger partial charge in [0.2, 0.25) is 0 Å². The number of aromatic hydroxyl groups is 2. The second kappa shape index (κ2) is 7.59. The molecule has 0 saturated carbocycles. The Balaban J connectivity index is 0.000000956. The summed E-state index contributed by atoms with van der Waals surface area (Å²) < 4.78 is 0. The minimum Gasteiger partial charge on any atom is -0.507 e. The van der Waals surface area contributed by atoms with Crippen molar-refractivity contribution < 1.29 is 10.2 Å². The lowest BCUT2D eigenvalue weighted by Crippen LogP contribution is -1.93. The van der Waals surface area contributed by atoms with Crippen LogP contribution in [0.25, 0.3) is 0 Å². The van der Waals surface area contributed by atoms with Crippen molar-refractivity contribution >= 4 is 0 Å². The van der Waals surface area contributed by atoms with Crippen LogP contribution in [0.1, 0.15) is 43.0 Å². The lowest BCUT2D eigenvalue weighted by Gasteiger charge is -2.10. The third-order valence-electron chi connectivity index (χ3n) is 3.29. The second-order valence-electron chi connectivity index (χ2n) is 4.54. The SMILES string of the molecule is CC.CCc1cccc(Cc2cccc(C)c2O)c1O. The summed E-state index contributed by atoms with van der Waals surface area (Å²) in [6.07, 6.45) is 1.35. The molecule has 108 valence electrons. The maximum Gasteiger partial charge on any atom is 0.122 e. The van der Waals surface area contributed by atoms with Crippen molar-refractivity contribution in [2.75, 3.05) is 0 Å². The van der Waals surface area contributed by atoms with Gasteiger partial charge in [-0.1, -0.05) is 57.2 Å². The van der Waals surface area contributed by atoms with Gasteiger partial charge >= 0.3 is 0 Å². The van der Waals surface area contributed by atoms with Crippen LogP contribution >= 0.6 is 0 Å². The van der Waals surface area contributed by atoms with Gasteiger partial charge in [0.25, 0.3) is 0 Å². The molecule has 2 nitrogen and oxygen atoms in total. The van der Waals surface area contributed by atoms with Crippen LogP contribution in [0.4, 0.5) is 0 Å². The van der Waals surface area contributed by atoms with Gasteiger partial charge in [-0.2, -0.15) is 0 Å². The molecule has 0 unspecified atom stereocenters. The molecular weight excluding hydrogens is 248 g/mol. The maximum atomic E-state index is 10.1. The second-order valence-corrected chi connectivity index (χ2v) is 4.54. The van der Waals surface area contributed by atoms with E-state index in [2.05, 4.69) is 0 Å². The first-order valence-electron chi connectivity index (χ1n) is 7.20. The Morgan fingerprint density at radius 3 is 1.90 bits per heavy atom. The van der Waals surface area contributed by atoms with Crippen LogP contribution in [0.5, 0.6) is 11.5 Å². The Kier molecular flexibility index (Phi) is 6.10. The average molecular weight is 272 g/mol. The molecule has 2 heteroatoms. The van der Waals surface area contributed by atoms with E-state index in [-0.39, 0.29) is 0 Å². The topological polar surface area (TPSA) is 40.5 Å². The first-order chi connectivity index (χ1) is 9.63. The fourth-order valence-electron chi connectivity index (χ4n) is 2.14. The van der Waals surface area contributed by atoms with Gasteiger partial charge in [0, 0.05) is 6.42 Å². The van der Waals surface area contributed by atoms with E-state index in [1.54, 1.807) is 0 Å². The smallest absolute Gasteiger partial charge is 0.122 e. The zero-order valence-corrected chi connectivity index (χ0v) is 12.8. The van der Waals surface area contributed by atoms with Crippen LogP contribution in [0, 0.1) is 6.92 Å². The lowest BCUT2D eigenvalue weighted by atomic mass is 9.98. The highest BCUT2D eigenvalue weighted by Crippen LogP contribution is 2.29. The molecule has 0 aliphatic heterocycles. The summed E-state index contributed by atoms with van der Waals surface area (Å²) in [7, 11) is 0. The molecule has 0 atom stereocenters. The van der Waals surface area contributed by atoms with Gasteiger partial charge in [0.15, 0.2) is 0 Å². The number of phenolic OH excluding ortho intramolecular Hbond substituents is 2. The molecule has 0 heterocycles. The zero-order chi connectivity index (χ0) is 15.1. The Hall–Kier alpha value is -1.96. The Labute approximate surface area is 121 Å². The predicted octanol–water partition coefficient (Wildman–Crippen LogP) is 4.59. The van der Waals surface area contributed by atoms with Crippen molar-refractivity contribution in [2.24, 2.45) is 0 Å². The van der Waals surface area contributed by atoms with Crippen LogP contribution in [0.15, 0.2) is 36.4 Å². The predicted molar refractivity (Wildman–Crippen MR) is 84.5 cm³/mol. The van der Waals surface area contributed by atoms with Crippen LogP contribution < -0.4 is 0 Å². The molecule has 0 aliphatic rings. The summed E-state index contributed by atoms with van der Waals surface area (Å²) >= 11 is 0. The molecule has 0 bridgehead atoms. The number of para-hydroxylation sites is 2. The average Bonchev–Trinajstić information content (AvgIpc) is 2.48. The Morgan fingerprint density at radius 1 is 0.800 bits per heavy atom. The fourth-order valence-corrected chi connectivity index (χ4v) is 2.14. The molecule has 20 heavy (non-hydrogen) atoms. The summed E-state index contributed by atoms with van der Waals surface area (Å²) in [5, 5.41) is 20.1. The van der Waals surface area contributed by atoms with Gasteiger partial charge in [0.05, 0.1) is 0 Å². The number of hydrogen-bond donors (Lipinski definition) is 2. The highest BCUT2D eigenvalue weighted by atomic mass is 16.3. The van der Waals surface area contributed by atoms with Crippen molar-refractivity contribution in [3.8, 4) is 11.5 Å². The summed E-state index contributed by atoms with van der Waals surface area (Å²) in [5.41, 5.74) is 3.51. The van der Waals surface area contributed by atoms with E-state index in [4.69, 9.17) is 0 Å². The fraction of sp³-hybridized carbons (Fsp3) is 0.333. The number of phenols is 2. The third kappa shape index (κ3) is 3.53. The van der Waals surface area contributed by atoms with E-state index in [0.29, 0.717) is 17.9 Å². The summed E-state index contributed by atoms with van der Waals surface area (Å²) in [5.74, 6) is 0.666. The van der Waals surface area contributed by atoms with E-state index < -0.39 is 0 Å². The Bertz CT molecular complexity index is 559. The minimum atomic E-state index is 0.318. The highest BCUT2D eigenvalue weighted by molar-refractivity contribution is 5.47. The molecule has 0 radical (unpaired) electrons.